The Morgan fingerprint density at radius 2 is 2.00 bits per heavy atom. The van der Waals surface area contributed by atoms with Gasteiger partial charge in [0.15, 0.2) is 11.6 Å². The van der Waals surface area contributed by atoms with Gasteiger partial charge in [-0.1, -0.05) is 12.1 Å². The molecule has 3 heterocycles. The average Bonchev–Trinajstić information content (AvgIpc) is 3.35. The number of likely N-dealkylation sites (tertiary alicyclic amines) is 1. The molecule has 1 saturated heterocycles. The maximum absolute atomic E-state index is 14.9. The number of ether oxygens (including phenoxy) is 1. The van der Waals surface area contributed by atoms with E-state index in [-0.39, 0.29) is 17.9 Å². The number of rotatable bonds is 6. The first-order valence-electron chi connectivity index (χ1n) is 12.9. The van der Waals surface area contributed by atoms with E-state index in [0.29, 0.717) is 62.2 Å². The minimum atomic E-state index is -3.00. The van der Waals surface area contributed by atoms with E-state index in [4.69, 9.17) is 9.26 Å². The lowest BCUT2D eigenvalue weighted by atomic mass is 9.80. The molecule has 1 unspecified atom stereocenters. The smallest absolute Gasteiger partial charge is 0.343 e. The van der Waals surface area contributed by atoms with Crippen molar-refractivity contribution >= 4 is 12.2 Å². The van der Waals surface area contributed by atoms with Crippen LogP contribution in [0.15, 0.2) is 21.9 Å². The Bertz CT molecular complexity index is 1100. The number of alkyl halides is 2. The molecule has 2 atom stereocenters. The van der Waals surface area contributed by atoms with Gasteiger partial charge in [0.25, 0.3) is 5.92 Å². The van der Waals surface area contributed by atoms with Crippen LogP contribution in [-0.4, -0.2) is 62.2 Å². The van der Waals surface area contributed by atoms with Gasteiger partial charge in [0.1, 0.15) is 6.10 Å². The minimum absolute atomic E-state index is 0.136. The summed E-state index contributed by atoms with van der Waals surface area (Å²) in [7, 11) is 0. The first-order valence-corrected chi connectivity index (χ1v) is 12.9. The molecule has 3 fully saturated rings. The van der Waals surface area contributed by atoms with E-state index in [1.54, 1.807) is 15.8 Å². The highest BCUT2D eigenvalue weighted by Crippen LogP contribution is 2.42. The topological polar surface area (TPSA) is 98.6 Å². The Balaban J connectivity index is 1.21. The number of piperidine rings is 1. The Morgan fingerprint density at radius 1 is 1.25 bits per heavy atom. The highest BCUT2D eigenvalue weighted by Gasteiger charge is 2.48. The molecule has 9 nitrogen and oxygen atoms in total. The lowest BCUT2D eigenvalue weighted by Crippen LogP contribution is -2.46. The molecule has 5 rings (SSSR count). The zero-order valence-corrected chi connectivity index (χ0v) is 21.1. The molecule has 3 aliphatic rings. The van der Waals surface area contributed by atoms with Crippen molar-refractivity contribution in [2.75, 3.05) is 13.1 Å². The van der Waals surface area contributed by atoms with Crippen LogP contribution in [0.3, 0.4) is 0 Å². The fourth-order valence-electron chi connectivity index (χ4n) is 4.95. The van der Waals surface area contributed by atoms with Crippen LogP contribution in [0.2, 0.25) is 0 Å². The second-order valence-electron chi connectivity index (χ2n) is 10.9. The highest BCUT2D eigenvalue weighted by molar-refractivity contribution is 5.85. The Labute approximate surface area is 209 Å². The minimum Gasteiger partial charge on any atom is -0.486 e. The number of aromatic nitrogens is 4. The van der Waals surface area contributed by atoms with Gasteiger partial charge in [0.2, 0.25) is 5.89 Å². The van der Waals surface area contributed by atoms with E-state index in [1.165, 1.54) is 6.20 Å². The summed E-state index contributed by atoms with van der Waals surface area (Å²) in [6.45, 7) is 6.93. The van der Waals surface area contributed by atoms with Crippen molar-refractivity contribution in [3.63, 3.8) is 0 Å². The molecule has 0 spiro atoms. The third-order valence-electron chi connectivity index (χ3n) is 7.67. The van der Waals surface area contributed by atoms with Gasteiger partial charge < -0.3 is 14.2 Å². The van der Waals surface area contributed by atoms with Gasteiger partial charge in [0, 0.05) is 43.1 Å². The Hall–Kier alpha value is -2.85. The van der Waals surface area contributed by atoms with Crippen LogP contribution in [-0.2, 0) is 5.41 Å². The first kappa shape index (κ1) is 24.8. The van der Waals surface area contributed by atoms with Crippen LogP contribution in [0.25, 0.3) is 0 Å². The van der Waals surface area contributed by atoms with Crippen molar-refractivity contribution in [2.24, 2.45) is 10.9 Å². The molecule has 0 radical (unpaired) electrons. The van der Waals surface area contributed by atoms with E-state index in [2.05, 4.69) is 27.2 Å². The average molecular weight is 505 g/mol. The second kappa shape index (κ2) is 9.55. The molecule has 11 heteroatoms. The number of hydrogen-bond donors (Lipinski definition) is 0. The number of carbonyl (C=O) groups is 1. The molecule has 2 amide bonds. The number of halogens is 2. The zero-order chi connectivity index (χ0) is 25.5. The van der Waals surface area contributed by atoms with Gasteiger partial charge in [-0.25, -0.2) is 18.6 Å². The highest BCUT2D eigenvalue weighted by atomic mass is 19.3. The van der Waals surface area contributed by atoms with Crippen molar-refractivity contribution in [1.82, 2.24) is 24.8 Å². The molecule has 0 bridgehead atoms. The van der Waals surface area contributed by atoms with E-state index in [1.807, 2.05) is 13.8 Å². The molecular formula is C25H34F2N6O3. The van der Waals surface area contributed by atoms with E-state index in [9.17, 15) is 13.6 Å². The number of aliphatic imine (C=N–C) groups is 1. The van der Waals surface area contributed by atoms with Crippen molar-refractivity contribution in [3.05, 3.63) is 24.1 Å². The normalized spacial score (nSPS) is 26.0. The van der Waals surface area contributed by atoms with Gasteiger partial charge in [0.05, 0.1) is 18.3 Å². The second-order valence-corrected chi connectivity index (χ2v) is 10.9. The quantitative estimate of drug-likeness (QED) is 0.505. The van der Waals surface area contributed by atoms with Gasteiger partial charge in [-0.05, 0) is 52.4 Å². The maximum atomic E-state index is 14.9. The number of nitrogens with zero attached hydrogens (tertiary/aromatic N) is 6. The van der Waals surface area contributed by atoms with Crippen LogP contribution in [0.5, 0.6) is 5.75 Å². The van der Waals surface area contributed by atoms with E-state index >= 15 is 0 Å². The standard InChI is InChI=1S/C25H34F2N6O3/c1-16(2)33-15-18(13-29-33)35-20-5-4-8-25(26,27)19(20)14-28-23(34)32-11-9-24(3,10-12-32)22-30-21(36-31-22)17-6-7-17/h13-17,19-20H,4-12H2,1-3H3/t19?,20-/m0/s1. The van der Waals surface area contributed by atoms with E-state index < -0.39 is 24.0 Å². The molecule has 2 aromatic rings. The lowest BCUT2D eigenvalue weighted by Gasteiger charge is -2.37. The largest absolute Gasteiger partial charge is 0.486 e. The molecule has 36 heavy (non-hydrogen) atoms. The first-order chi connectivity index (χ1) is 17.1. The van der Waals surface area contributed by atoms with Crippen LogP contribution in [0.1, 0.15) is 89.4 Å². The predicted octanol–water partition coefficient (Wildman–Crippen LogP) is 5.15. The fourth-order valence-corrected chi connectivity index (χ4v) is 4.95. The van der Waals surface area contributed by atoms with Crippen LogP contribution >= 0.6 is 0 Å². The number of urea groups is 1. The zero-order valence-electron chi connectivity index (χ0n) is 21.1. The molecule has 2 aliphatic carbocycles. The lowest BCUT2D eigenvalue weighted by molar-refractivity contribution is -0.0973. The molecule has 1 aliphatic heterocycles. The summed E-state index contributed by atoms with van der Waals surface area (Å²) in [5.41, 5.74) is -0.285. The van der Waals surface area contributed by atoms with Crippen molar-refractivity contribution in [1.29, 1.82) is 0 Å². The van der Waals surface area contributed by atoms with Crippen molar-refractivity contribution < 1.29 is 22.8 Å². The van der Waals surface area contributed by atoms with E-state index in [0.717, 1.165) is 19.1 Å². The predicted molar refractivity (Wildman–Crippen MR) is 128 cm³/mol. The van der Waals surface area contributed by atoms with Gasteiger partial charge in [-0.15, -0.1) is 0 Å². The van der Waals surface area contributed by atoms with Gasteiger partial charge >= 0.3 is 6.03 Å². The summed E-state index contributed by atoms with van der Waals surface area (Å²) in [6, 6.07) is -0.367. The summed E-state index contributed by atoms with van der Waals surface area (Å²) in [5.74, 6) is -2.06. The van der Waals surface area contributed by atoms with Crippen molar-refractivity contribution in [2.45, 2.75) is 95.1 Å². The third kappa shape index (κ3) is 5.15. The molecule has 196 valence electrons. The third-order valence-corrected chi connectivity index (χ3v) is 7.67. The summed E-state index contributed by atoms with van der Waals surface area (Å²) in [6.07, 6.45) is 7.61. The number of hydrogen-bond acceptors (Lipinski definition) is 6. The monoisotopic (exact) mass is 504 g/mol. The van der Waals surface area contributed by atoms with Crippen LogP contribution in [0, 0.1) is 5.92 Å². The maximum Gasteiger partial charge on any atom is 0.343 e. The molecule has 2 aromatic heterocycles. The van der Waals surface area contributed by atoms with Crippen molar-refractivity contribution in [3.8, 4) is 5.75 Å². The molecule has 2 saturated carbocycles. The number of amides is 2. The SMILES string of the molecule is CC(C)n1cc(O[C@H]2CCCC(F)(F)C2C=NC(=O)N2CCC(C)(c3noc(C4CC4)n3)CC2)cn1. The van der Waals surface area contributed by atoms with Crippen LogP contribution < -0.4 is 4.74 Å². The van der Waals surface area contributed by atoms with Gasteiger partial charge in [-0.2, -0.15) is 10.1 Å². The molecule has 0 N–H and O–H groups in total. The Kier molecular flexibility index (Phi) is 6.59. The summed E-state index contributed by atoms with van der Waals surface area (Å²) < 4.78 is 42.8. The van der Waals surface area contributed by atoms with Gasteiger partial charge in [-0.3, -0.25) is 4.68 Å². The molecule has 0 aromatic carbocycles. The fraction of sp³-hybridized carbons (Fsp3) is 0.720. The number of carbonyl (C=O) groups excluding carboxylic acids is 1. The summed E-state index contributed by atoms with van der Waals surface area (Å²) in [4.78, 5) is 23.0. The Morgan fingerprint density at radius 3 is 2.67 bits per heavy atom. The summed E-state index contributed by atoms with van der Waals surface area (Å²) in [5, 5.41) is 8.41. The molecular weight excluding hydrogens is 470 g/mol. The van der Waals surface area contributed by atoms with Crippen LogP contribution in [0.4, 0.5) is 13.6 Å². The summed E-state index contributed by atoms with van der Waals surface area (Å²) >= 11 is 0.